The molecule has 0 aliphatic heterocycles. The third kappa shape index (κ3) is 4.16. The molecule has 4 saturated carbocycles. The highest BCUT2D eigenvalue weighted by Crippen LogP contribution is 2.67. The highest BCUT2D eigenvalue weighted by molar-refractivity contribution is 5.83. The summed E-state index contributed by atoms with van der Waals surface area (Å²) < 4.78 is 4.86. The van der Waals surface area contributed by atoms with Gasteiger partial charge in [-0.1, -0.05) is 19.4 Å². The predicted octanol–water partition coefficient (Wildman–Crippen LogP) is 2.49. The molecule has 0 bridgehead atoms. The molecule has 4 aliphatic rings. The zero-order valence-electron chi connectivity index (χ0n) is 19.2. The quantitative estimate of drug-likeness (QED) is 0.366. The standard InChI is InChI=1S/C22H35NO4.C2H4O2/c1-21-9-7-15-18(14(21)5-4-12(21)10-17(24)27-3)20(26)19(25)16-11-13(23)6-8-22(15,16)2;1-2(3)4/h10,13-16,18-20,25-26H,4-9,11,23H2,1-3H3;1H3,(H,3,4)/b12-10+;/t13-,14?,15?,16?,18?,19-,20-,21-,22-;/m1./s1. The van der Waals surface area contributed by atoms with Crippen molar-refractivity contribution in [2.45, 2.75) is 84.0 Å². The Morgan fingerprint density at radius 3 is 2.32 bits per heavy atom. The molecule has 0 spiro atoms. The summed E-state index contributed by atoms with van der Waals surface area (Å²) in [5.74, 6) is -0.202. The maximum absolute atomic E-state index is 11.9. The van der Waals surface area contributed by atoms with E-state index in [1.807, 2.05) is 0 Å². The van der Waals surface area contributed by atoms with Gasteiger partial charge in [0.15, 0.2) is 0 Å². The molecule has 4 rings (SSSR count). The van der Waals surface area contributed by atoms with E-state index >= 15 is 0 Å². The highest BCUT2D eigenvalue weighted by Gasteiger charge is 2.64. The molecule has 4 unspecified atom stereocenters. The highest BCUT2D eigenvalue weighted by atomic mass is 16.5. The number of hydrogen-bond acceptors (Lipinski definition) is 6. The lowest BCUT2D eigenvalue weighted by Gasteiger charge is -2.63. The molecule has 0 aromatic carbocycles. The number of carboxylic acids is 1. The number of ether oxygens (including phenoxy) is 1. The second-order valence-corrected chi connectivity index (χ2v) is 10.6. The lowest BCUT2D eigenvalue weighted by molar-refractivity contribution is -0.210. The number of carbonyl (C=O) groups is 2. The van der Waals surface area contributed by atoms with Crippen LogP contribution in [0.4, 0.5) is 0 Å². The molecular weight excluding hydrogens is 398 g/mol. The fourth-order valence-electron chi connectivity index (χ4n) is 7.58. The molecule has 0 radical (unpaired) electrons. The fourth-order valence-corrected chi connectivity index (χ4v) is 7.58. The van der Waals surface area contributed by atoms with E-state index in [-0.39, 0.29) is 34.7 Å². The number of carbonyl (C=O) groups excluding carboxylic acids is 1. The van der Waals surface area contributed by atoms with Crippen molar-refractivity contribution in [2.24, 2.45) is 40.2 Å². The predicted molar refractivity (Wildman–Crippen MR) is 116 cm³/mol. The summed E-state index contributed by atoms with van der Waals surface area (Å²) in [6.07, 6.45) is 7.09. The molecule has 7 nitrogen and oxygen atoms in total. The monoisotopic (exact) mass is 437 g/mol. The molecule has 176 valence electrons. The van der Waals surface area contributed by atoms with Crippen molar-refractivity contribution < 1.29 is 29.6 Å². The average molecular weight is 438 g/mol. The Balaban J connectivity index is 0.000000628. The Labute approximate surface area is 185 Å². The number of fused-ring (bicyclic) bond motifs is 5. The van der Waals surface area contributed by atoms with Crippen LogP contribution in [0, 0.1) is 34.5 Å². The van der Waals surface area contributed by atoms with Gasteiger partial charge in [0.2, 0.25) is 0 Å². The van der Waals surface area contributed by atoms with Crippen LogP contribution in [-0.4, -0.2) is 52.6 Å². The number of allylic oxidation sites excluding steroid dienone is 1. The van der Waals surface area contributed by atoms with Crippen LogP contribution in [0.25, 0.3) is 0 Å². The van der Waals surface area contributed by atoms with E-state index in [0.717, 1.165) is 57.4 Å². The number of methoxy groups -OCH3 is 1. The Morgan fingerprint density at radius 2 is 1.71 bits per heavy atom. The molecule has 31 heavy (non-hydrogen) atoms. The maximum Gasteiger partial charge on any atom is 0.330 e. The summed E-state index contributed by atoms with van der Waals surface area (Å²) in [6.45, 7) is 5.67. The topological polar surface area (TPSA) is 130 Å². The van der Waals surface area contributed by atoms with Gasteiger partial charge >= 0.3 is 5.97 Å². The van der Waals surface area contributed by atoms with Gasteiger partial charge in [-0.15, -0.1) is 0 Å². The lowest BCUT2D eigenvalue weighted by Crippen LogP contribution is -2.64. The lowest BCUT2D eigenvalue weighted by atomic mass is 9.43. The zero-order chi connectivity index (χ0) is 23.1. The van der Waals surface area contributed by atoms with Crippen LogP contribution in [0.1, 0.15) is 65.7 Å². The summed E-state index contributed by atoms with van der Waals surface area (Å²) in [6, 6.07) is 0.136. The second-order valence-electron chi connectivity index (χ2n) is 10.6. The molecule has 0 aromatic rings. The third-order valence-corrected chi connectivity index (χ3v) is 9.13. The SMILES string of the molecule is CC(=O)O.COC(=O)/C=C1\CCC2C3C(CC[C@]12C)[C@@]1(C)CC[C@@H](N)CC1[C@@H](O)[C@@H]3O. The first-order valence-electron chi connectivity index (χ1n) is 11.6. The number of carboxylic acid groups (broad SMARTS) is 1. The molecule has 7 heteroatoms. The van der Waals surface area contributed by atoms with Crippen molar-refractivity contribution in [3.8, 4) is 0 Å². The van der Waals surface area contributed by atoms with Gasteiger partial charge < -0.3 is 25.8 Å². The van der Waals surface area contributed by atoms with E-state index in [1.165, 1.54) is 7.11 Å². The van der Waals surface area contributed by atoms with E-state index in [4.69, 9.17) is 20.4 Å². The first-order chi connectivity index (χ1) is 14.5. The van der Waals surface area contributed by atoms with Gasteiger partial charge in [0.25, 0.3) is 5.97 Å². The molecule has 0 aromatic heterocycles. The minimum Gasteiger partial charge on any atom is -0.481 e. The van der Waals surface area contributed by atoms with Gasteiger partial charge in [0.1, 0.15) is 0 Å². The summed E-state index contributed by atoms with van der Waals surface area (Å²) >= 11 is 0. The molecule has 0 heterocycles. The van der Waals surface area contributed by atoms with Gasteiger partial charge in [-0.2, -0.15) is 0 Å². The van der Waals surface area contributed by atoms with Crippen molar-refractivity contribution in [1.82, 2.24) is 0 Å². The summed E-state index contributed by atoms with van der Waals surface area (Å²) in [7, 11) is 1.42. The molecule has 4 fully saturated rings. The first-order valence-corrected chi connectivity index (χ1v) is 11.6. The van der Waals surface area contributed by atoms with Crippen LogP contribution in [0.3, 0.4) is 0 Å². The Hall–Kier alpha value is -1.44. The van der Waals surface area contributed by atoms with Crippen LogP contribution in [0.15, 0.2) is 11.6 Å². The van der Waals surface area contributed by atoms with Gasteiger partial charge in [-0.25, -0.2) is 4.79 Å². The number of nitrogens with two attached hydrogens (primary N) is 1. The largest absolute Gasteiger partial charge is 0.481 e. The van der Waals surface area contributed by atoms with Gasteiger partial charge in [0, 0.05) is 19.0 Å². The van der Waals surface area contributed by atoms with Crippen molar-refractivity contribution in [1.29, 1.82) is 0 Å². The van der Waals surface area contributed by atoms with Crippen LogP contribution < -0.4 is 5.73 Å². The van der Waals surface area contributed by atoms with Crippen molar-refractivity contribution in [3.05, 3.63) is 11.6 Å². The van der Waals surface area contributed by atoms with E-state index in [1.54, 1.807) is 6.08 Å². The summed E-state index contributed by atoms with van der Waals surface area (Å²) in [5, 5.41) is 29.7. The zero-order valence-corrected chi connectivity index (χ0v) is 19.2. The smallest absolute Gasteiger partial charge is 0.330 e. The molecule has 5 N–H and O–H groups in total. The van der Waals surface area contributed by atoms with Crippen molar-refractivity contribution in [2.75, 3.05) is 7.11 Å². The number of aliphatic hydroxyl groups is 2. The van der Waals surface area contributed by atoms with Gasteiger partial charge in [-0.3, -0.25) is 4.79 Å². The van der Waals surface area contributed by atoms with Crippen LogP contribution in [-0.2, 0) is 14.3 Å². The van der Waals surface area contributed by atoms with Crippen LogP contribution >= 0.6 is 0 Å². The Morgan fingerprint density at radius 1 is 1.06 bits per heavy atom. The summed E-state index contributed by atoms with van der Waals surface area (Å²) in [4.78, 5) is 20.9. The van der Waals surface area contributed by atoms with E-state index in [2.05, 4.69) is 13.8 Å². The van der Waals surface area contributed by atoms with Crippen molar-refractivity contribution in [3.63, 3.8) is 0 Å². The number of aliphatic hydroxyl groups excluding tert-OH is 2. The minimum atomic E-state index is -0.833. The van der Waals surface area contributed by atoms with E-state index < -0.39 is 18.2 Å². The Kier molecular flexibility index (Phi) is 6.90. The number of hydrogen-bond donors (Lipinski definition) is 4. The van der Waals surface area contributed by atoms with Crippen LogP contribution in [0.5, 0.6) is 0 Å². The third-order valence-electron chi connectivity index (χ3n) is 9.13. The first kappa shape index (κ1) is 24.2. The fraction of sp³-hybridized carbons (Fsp3) is 0.833. The molecule has 0 saturated heterocycles. The average Bonchev–Trinajstić information content (AvgIpc) is 3.03. The Bertz CT molecular complexity index is 734. The normalized spacial score (nSPS) is 47.3. The van der Waals surface area contributed by atoms with Crippen molar-refractivity contribution >= 4 is 11.9 Å². The van der Waals surface area contributed by atoms with E-state index in [9.17, 15) is 15.0 Å². The van der Waals surface area contributed by atoms with E-state index in [0.29, 0.717) is 11.8 Å². The maximum atomic E-state index is 11.9. The molecule has 4 aliphatic carbocycles. The van der Waals surface area contributed by atoms with Gasteiger partial charge in [-0.05, 0) is 79.4 Å². The molecular formula is C24H39NO6. The molecule has 9 atom stereocenters. The molecule has 0 amide bonds. The number of aliphatic carboxylic acids is 1. The second kappa shape index (κ2) is 8.83. The van der Waals surface area contributed by atoms with Gasteiger partial charge in [0.05, 0.1) is 19.3 Å². The number of esters is 1. The van der Waals surface area contributed by atoms with Crippen LogP contribution in [0.2, 0.25) is 0 Å². The minimum absolute atomic E-state index is 0.0509. The summed E-state index contributed by atoms with van der Waals surface area (Å²) in [5.41, 5.74) is 7.35. The number of rotatable bonds is 1.